The second-order valence-corrected chi connectivity index (χ2v) is 2.75. The van der Waals surface area contributed by atoms with Crippen LogP contribution in [0.5, 0.6) is 5.75 Å². The monoisotopic (exact) mass is 242 g/mol. The van der Waals surface area contributed by atoms with Gasteiger partial charge in [0.2, 0.25) is 0 Å². The first-order valence-electron chi connectivity index (χ1n) is 4.25. The minimum absolute atomic E-state index is 0. The maximum atomic E-state index is 11.3. The number of carbonyl (C=O) groups is 1. The van der Waals surface area contributed by atoms with E-state index in [0.29, 0.717) is 5.56 Å². The smallest absolute Gasteiger partial charge is 0.342 e. The number of hydrogen-bond donors (Lipinski definition) is 2. The zero-order chi connectivity index (χ0) is 11.3. The Labute approximate surface area is 98.8 Å². The molecular formula is C10H11ClN2O3. The number of benzene rings is 1. The summed E-state index contributed by atoms with van der Waals surface area (Å²) < 4.78 is 4.56. The molecular weight excluding hydrogens is 232 g/mol. The summed E-state index contributed by atoms with van der Waals surface area (Å²) in [4.78, 5) is 11.3. The Morgan fingerprint density at radius 2 is 2.25 bits per heavy atom. The van der Waals surface area contributed by atoms with E-state index in [1.54, 1.807) is 18.2 Å². The highest BCUT2D eigenvalue weighted by atomic mass is 35.5. The molecule has 0 spiro atoms. The molecule has 0 bridgehead atoms. The fraction of sp³-hybridized carbons (Fsp3) is 0.200. The summed E-state index contributed by atoms with van der Waals surface area (Å²) in [7, 11) is 0. The number of esters is 1. The van der Waals surface area contributed by atoms with E-state index >= 15 is 0 Å². The van der Waals surface area contributed by atoms with E-state index in [1.807, 2.05) is 0 Å². The topological polar surface area (TPSA) is 96.3 Å². The third-order valence-electron chi connectivity index (χ3n) is 1.83. The summed E-state index contributed by atoms with van der Waals surface area (Å²) in [6, 6.07) is 6.27. The number of para-hydroxylation sites is 1. The van der Waals surface area contributed by atoms with Crippen molar-refractivity contribution in [2.45, 2.75) is 6.54 Å². The number of hydrogen-bond acceptors (Lipinski definition) is 5. The lowest BCUT2D eigenvalue weighted by Gasteiger charge is -2.06. The maximum absolute atomic E-state index is 11.3. The Hall–Kier alpha value is -1.77. The van der Waals surface area contributed by atoms with Crippen molar-refractivity contribution in [1.29, 1.82) is 5.26 Å². The molecule has 6 heteroatoms. The number of carbonyl (C=O) groups excluding carboxylic acids is 1. The van der Waals surface area contributed by atoms with Gasteiger partial charge in [-0.05, 0) is 6.07 Å². The van der Waals surface area contributed by atoms with E-state index in [0.717, 1.165) is 0 Å². The van der Waals surface area contributed by atoms with Crippen molar-refractivity contribution in [2.75, 3.05) is 6.61 Å². The molecule has 86 valence electrons. The summed E-state index contributed by atoms with van der Waals surface area (Å²) in [5, 5.41) is 17.8. The summed E-state index contributed by atoms with van der Waals surface area (Å²) in [6.45, 7) is -0.212. The van der Waals surface area contributed by atoms with Crippen LogP contribution in [0.25, 0.3) is 0 Å². The van der Waals surface area contributed by atoms with Crippen molar-refractivity contribution in [3.63, 3.8) is 0 Å². The Morgan fingerprint density at radius 1 is 1.56 bits per heavy atom. The van der Waals surface area contributed by atoms with Crippen LogP contribution in [0.1, 0.15) is 15.9 Å². The lowest BCUT2D eigenvalue weighted by molar-refractivity contribution is 0.0551. The van der Waals surface area contributed by atoms with Crippen LogP contribution in [-0.2, 0) is 11.3 Å². The van der Waals surface area contributed by atoms with Gasteiger partial charge in [0.15, 0.2) is 6.61 Å². The number of rotatable bonds is 3. The van der Waals surface area contributed by atoms with E-state index in [9.17, 15) is 9.90 Å². The molecule has 5 nitrogen and oxygen atoms in total. The molecule has 0 aliphatic rings. The molecule has 0 fully saturated rings. The van der Waals surface area contributed by atoms with Gasteiger partial charge in [0.05, 0.1) is 0 Å². The molecule has 1 rings (SSSR count). The summed E-state index contributed by atoms with van der Waals surface area (Å²) >= 11 is 0. The van der Waals surface area contributed by atoms with Crippen molar-refractivity contribution in [3.05, 3.63) is 29.3 Å². The van der Waals surface area contributed by atoms with Crippen LogP contribution in [-0.4, -0.2) is 17.7 Å². The van der Waals surface area contributed by atoms with E-state index in [2.05, 4.69) is 4.74 Å². The Balaban J connectivity index is 0.00000225. The van der Waals surface area contributed by atoms with Gasteiger partial charge < -0.3 is 15.6 Å². The molecule has 0 aliphatic carbocycles. The predicted octanol–water partition coefficient (Wildman–Crippen LogP) is 0.953. The van der Waals surface area contributed by atoms with Gasteiger partial charge in [-0.3, -0.25) is 0 Å². The van der Waals surface area contributed by atoms with Gasteiger partial charge in [-0.15, -0.1) is 12.4 Å². The van der Waals surface area contributed by atoms with E-state index in [-0.39, 0.29) is 36.9 Å². The highest BCUT2D eigenvalue weighted by molar-refractivity contribution is 5.92. The average molecular weight is 243 g/mol. The number of nitrogens with zero attached hydrogens (tertiary/aromatic N) is 1. The summed E-state index contributed by atoms with van der Waals surface area (Å²) in [6.07, 6.45) is 0. The Bertz CT molecular complexity index is 415. The lowest BCUT2D eigenvalue weighted by Crippen LogP contribution is -2.07. The number of phenolic OH excluding ortho intramolecular Hbond substituents is 1. The molecule has 0 aliphatic heterocycles. The van der Waals surface area contributed by atoms with Crippen molar-refractivity contribution in [3.8, 4) is 11.8 Å². The van der Waals surface area contributed by atoms with Crippen molar-refractivity contribution >= 4 is 18.4 Å². The second-order valence-electron chi connectivity index (χ2n) is 2.75. The molecule has 0 unspecified atom stereocenters. The Morgan fingerprint density at radius 3 is 2.81 bits per heavy atom. The Kier molecular flexibility index (Phi) is 5.93. The minimum Gasteiger partial charge on any atom is -0.507 e. The van der Waals surface area contributed by atoms with Crippen LogP contribution >= 0.6 is 12.4 Å². The van der Waals surface area contributed by atoms with Gasteiger partial charge in [0.25, 0.3) is 0 Å². The highest BCUT2D eigenvalue weighted by Gasteiger charge is 2.14. The third-order valence-corrected chi connectivity index (χ3v) is 1.83. The molecule has 0 atom stereocenters. The fourth-order valence-corrected chi connectivity index (χ4v) is 1.10. The predicted molar refractivity (Wildman–Crippen MR) is 59.1 cm³/mol. The van der Waals surface area contributed by atoms with E-state index in [4.69, 9.17) is 11.0 Å². The number of nitrogens with two attached hydrogens (primary N) is 1. The van der Waals surface area contributed by atoms with Crippen molar-refractivity contribution in [1.82, 2.24) is 0 Å². The standard InChI is InChI=1S/C10H10N2O3.ClH/c11-4-5-15-10(14)8-3-1-2-7(6-12)9(8)13;/h1-3,13H,5-6,12H2;1H. The molecule has 0 aromatic heterocycles. The molecule has 0 radical (unpaired) electrons. The number of halogens is 1. The van der Waals surface area contributed by atoms with Crippen LogP contribution in [0.15, 0.2) is 18.2 Å². The molecule has 0 amide bonds. The van der Waals surface area contributed by atoms with Crippen LogP contribution in [0.2, 0.25) is 0 Å². The van der Waals surface area contributed by atoms with Gasteiger partial charge in [0.1, 0.15) is 17.4 Å². The number of aromatic hydroxyl groups is 1. The summed E-state index contributed by atoms with van der Waals surface area (Å²) in [5.74, 6) is -0.924. The first kappa shape index (κ1) is 14.2. The average Bonchev–Trinajstić information content (AvgIpc) is 2.26. The van der Waals surface area contributed by atoms with Gasteiger partial charge in [-0.25, -0.2) is 4.79 Å². The van der Waals surface area contributed by atoms with Crippen LogP contribution in [0.3, 0.4) is 0 Å². The number of phenols is 1. The van der Waals surface area contributed by atoms with Crippen molar-refractivity contribution < 1.29 is 14.6 Å². The molecule has 0 saturated heterocycles. The van der Waals surface area contributed by atoms with Gasteiger partial charge in [0, 0.05) is 12.1 Å². The zero-order valence-corrected chi connectivity index (χ0v) is 9.16. The van der Waals surface area contributed by atoms with Gasteiger partial charge in [-0.2, -0.15) is 5.26 Å². The van der Waals surface area contributed by atoms with Gasteiger partial charge in [-0.1, -0.05) is 12.1 Å². The number of ether oxygens (including phenoxy) is 1. The normalized spacial score (nSPS) is 8.75. The first-order chi connectivity index (χ1) is 7.20. The molecule has 1 aromatic rings. The SMILES string of the molecule is Cl.N#CCOC(=O)c1cccc(CN)c1O. The minimum atomic E-state index is -0.732. The first-order valence-corrected chi connectivity index (χ1v) is 4.25. The maximum Gasteiger partial charge on any atom is 0.342 e. The van der Waals surface area contributed by atoms with E-state index in [1.165, 1.54) is 6.07 Å². The van der Waals surface area contributed by atoms with Crippen LogP contribution in [0.4, 0.5) is 0 Å². The van der Waals surface area contributed by atoms with Gasteiger partial charge >= 0.3 is 5.97 Å². The number of nitriles is 1. The molecule has 16 heavy (non-hydrogen) atoms. The zero-order valence-electron chi connectivity index (χ0n) is 8.34. The fourth-order valence-electron chi connectivity index (χ4n) is 1.10. The van der Waals surface area contributed by atoms with E-state index < -0.39 is 5.97 Å². The largest absolute Gasteiger partial charge is 0.507 e. The lowest BCUT2D eigenvalue weighted by atomic mass is 10.1. The second kappa shape index (κ2) is 6.67. The molecule has 1 aromatic carbocycles. The molecule has 3 N–H and O–H groups in total. The summed E-state index contributed by atoms with van der Waals surface area (Å²) in [5.41, 5.74) is 5.84. The van der Waals surface area contributed by atoms with Crippen molar-refractivity contribution in [2.24, 2.45) is 5.73 Å². The molecule has 0 heterocycles. The van der Waals surface area contributed by atoms with Crippen LogP contribution in [0, 0.1) is 11.3 Å². The quantitative estimate of drug-likeness (QED) is 0.770. The highest BCUT2D eigenvalue weighted by Crippen LogP contribution is 2.22. The molecule has 0 saturated carbocycles. The van der Waals surface area contributed by atoms with Crippen LogP contribution < -0.4 is 5.73 Å². The third kappa shape index (κ3) is 3.12.